The highest BCUT2D eigenvalue weighted by atomic mass is 32.2. The van der Waals surface area contributed by atoms with Gasteiger partial charge in [0.25, 0.3) is 0 Å². The van der Waals surface area contributed by atoms with Crippen LogP contribution in [0.1, 0.15) is 18.2 Å². The van der Waals surface area contributed by atoms with Crippen LogP contribution in [0.2, 0.25) is 0 Å². The molecule has 6 heteroatoms. The average molecular weight is 252 g/mol. The van der Waals surface area contributed by atoms with Crippen molar-refractivity contribution in [1.82, 2.24) is 10.1 Å². The molecule has 1 aromatic heterocycles. The number of β-lactam (4-membered cyclic amide) rings is 1. The van der Waals surface area contributed by atoms with E-state index in [0.717, 1.165) is 21.9 Å². The number of aryl methyl sites for hydroxylation is 1. The second kappa shape index (κ2) is 3.61. The van der Waals surface area contributed by atoms with E-state index in [1.807, 2.05) is 13.8 Å². The summed E-state index contributed by atoms with van der Waals surface area (Å²) in [5.41, 5.74) is 1.87. The van der Waals surface area contributed by atoms with E-state index in [9.17, 15) is 4.79 Å². The van der Waals surface area contributed by atoms with Gasteiger partial charge in [0, 0.05) is 10.6 Å². The Kier molecular flexibility index (Phi) is 2.31. The molecule has 5 nitrogen and oxygen atoms in total. The second-order valence-corrected chi connectivity index (χ2v) is 5.34. The van der Waals surface area contributed by atoms with Gasteiger partial charge in [-0.25, -0.2) is 0 Å². The topological polar surface area (TPSA) is 66.6 Å². The number of thioether (sulfide) groups is 1. The first-order valence-corrected chi connectivity index (χ1v) is 6.26. The van der Waals surface area contributed by atoms with Gasteiger partial charge in [-0.3, -0.25) is 4.79 Å². The Morgan fingerprint density at radius 2 is 2.35 bits per heavy atom. The van der Waals surface area contributed by atoms with E-state index in [4.69, 9.17) is 9.63 Å². The summed E-state index contributed by atoms with van der Waals surface area (Å²) in [6.07, 6.45) is 1.67. The van der Waals surface area contributed by atoms with Crippen LogP contribution in [0.4, 0.5) is 0 Å². The Morgan fingerprint density at radius 1 is 1.59 bits per heavy atom. The maximum absolute atomic E-state index is 11.8. The molecule has 1 amide bonds. The van der Waals surface area contributed by atoms with Gasteiger partial charge in [0.2, 0.25) is 5.91 Å². The van der Waals surface area contributed by atoms with E-state index in [-0.39, 0.29) is 23.8 Å². The van der Waals surface area contributed by atoms with Gasteiger partial charge >= 0.3 is 0 Å². The Balaban J connectivity index is 1.97. The summed E-state index contributed by atoms with van der Waals surface area (Å²) in [6, 6.07) is 0. The number of allylic oxidation sites excluding steroid dienone is 1. The number of aliphatic hydroxyl groups is 1. The predicted molar refractivity (Wildman–Crippen MR) is 62.6 cm³/mol. The van der Waals surface area contributed by atoms with Crippen molar-refractivity contribution in [1.29, 1.82) is 0 Å². The van der Waals surface area contributed by atoms with Crippen LogP contribution < -0.4 is 0 Å². The maximum atomic E-state index is 11.8. The summed E-state index contributed by atoms with van der Waals surface area (Å²) >= 11 is 1.60. The van der Waals surface area contributed by atoms with Crippen LogP contribution in [0.25, 0.3) is 4.91 Å². The van der Waals surface area contributed by atoms with Gasteiger partial charge in [-0.1, -0.05) is 16.9 Å². The maximum Gasteiger partial charge on any atom is 0.236 e. The van der Waals surface area contributed by atoms with Gasteiger partial charge in [0.1, 0.15) is 11.1 Å². The summed E-state index contributed by atoms with van der Waals surface area (Å²) in [6.45, 7) is 3.68. The van der Waals surface area contributed by atoms with Crippen LogP contribution >= 0.6 is 11.8 Å². The number of amides is 1. The smallest absolute Gasteiger partial charge is 0.236 e. The normalized spacial score (nSPS) is 27.5. The first-order valence-electron chi connectivity index (χ1n) is 5.38. The zero-order valence-corrected chi connectivity index (χ0v) is 10.3. The lowest BCUT2D eigenvalue weighted by Crippen LogP contribution is -2.57. The minimum absolute atomic E-state index is 0.00612. The van der Waals surface area contributed by atoms with Crippen LogP contribution in [0.15, 0.2) is 16.4 Å². The quantitative estimate of drug-likeness (QED) is 0.801. The van der Waals surface area contributed by atoms with E-state index in [0.29, 0.717) is 0 Å². The van der Waals surface area contributed by atoms with Crippen LogP contribution in [-0.2, 0) is 4.79 Å². The molecule has 0 aliphatic carbocycles. The van der Waals surface area contributed by atoms with Gasteiger partial charge in [-0.15, -0.1) is 0 Å². The predicted octanol–water partition coefficient (Wildman–Crippen LogP) is 1.20. The standard InChI is InChI=1S/C11H12N2O3S/c1-5-9(7-3-12-16-6(7)2)17-11-8(4-14)10(15)13(5)11/h3,8,11,14H,4H2,1-2H3/t8-,11+/m0/s1. The number of carbonyl (C=O) groups excluding carboxylic acids is 1. The molecule has 0 aromatic carbocycles. The SMILES string of the molecule is CC1=C(c2cnoc2C)S[C@@H]2[C@@H](CO)C(=O)N12. The molecule has 2 aliphatic rings. The van der Waals surface area contributed by atoms with E-state index in [1.165, 1.54) is 0 Å². The molecule has 3 heterocycles. The highest BCUT2D eigenvalue weighted by Gasteiger charge is 2.53. The third-order valence-electron chi connectivity index (χ3n) is 3.27. The van der Waals surface area contributed by atoms with E-state index < -0.39 is 0 Å². The van der Waals surface area contributed by atoms with Crippen LogP contribution in [0, 0.1) is 12.8 Å². The molecule has 1 aromatic rings. The molecule has 0 unspecified atom stereocenters. The zero-order valence-electron chi connectivity index (χ0n) is 9.51. The van der Waals surface area contributed by atoms with E-state index in [2.05, 4.69) is 5.16 Å². The summed E-state index contributed by atoms with van der Waals surface area (Å²) in [5.74, 6) is 0.488. The molecule has 0 radical (unpaired) electrons. The molecular formula is C11H12N2O3S. The van der Waals surface area contributed by atoms with Crippen molar-refractivity contribution < 1.29 is 14.4 Å². The van der Waals surface area contributed by atoms with Gasteiger partial charge in [0.15, 0.2) is 0 Å². The summed E-state index contributed by atoms with van der Waals surface area (Å²) in [7, 11) is 0. The first-order chi connectivity index (χ1) is 8.15. The Hall–Kier alpha value is -1.27. The lowest BCUT2D eigenvalue weighted by atomic mass is 9.98. The zero-order chi connectivity index (χ0) is 12.2. The minimum Gasteiger partial charge on any atom is -0.395 e. The summed E-state index contributed by atoms with van der Waals surface area (Å²) in [5, 5.41) is 12.9. The van der Waals surface area contributed by atoms with Crippen molar-refractivity contribution in [2.45, 2.75) is 19.2 Å². The molecule has 17 heavy (non-hydrogen) atoms. The van der Waals surface area contributed by atoms with Crippen LogP contribution in [0.3, 0.4) is 0 Å². The Labute approximate surface area is 102 Å². The molecule has 1 N–H and O–H groups in total. The molecule has 2 atom stereocenters. The van der Waals surface area contributed by atoms with Gasteiger partial charge < -0.3 is 14.5 Å². The Bertz CT molecular complexity index is 523. The minimum atomic E-state index is -0.271. The number of rotatable bonds is 2. The molecule has 2 aliphatic heterocycles. The van der Waals surface area contributed by atoms with E-state index >= 15 is 0 Å². The van der Waals surface area contributed by atoms with Crippen molar-refractivity contribution in [3.05, 3.63) is 23.2 Å². The van der Waals surface area contributed by atoms with Crippen molar-refractivity contribution in [2.24, 2.45) is 5.92 Å². The number of fused-ring (bicyclic) bond motifs is 1. The summed E-state index contributed by atoms with van der Waals surface area (Å²) < 4.78 is 5.05. The third kappa shape index (κ3) is 1.31. The molecular weight excluding hydrogens is 240 g/mol. The summed E-state index contributed by atoms with van der Waals surface area (Å²) in [4.78, 5) is 14.5. The highest BCUT2D eigenvalue weighted by Crippen LogP contribution is 2.52. The van der Waals surface area contributed by atoms with Crippen molar-refractivity contribution in [3.63, 3.8) is 0 Å². The van der Waals surface area contributed by atoms with Crippen molar-refractivity contribution >= 4 is 22.6 Å². The number of hydrogen-bond acceptors (Lipinski definition) is 5. The van der Waals surface area contributed by atoms with Crippen LogP contribution in [-0.4, -0.2) is 33.1 Å². The fourth-order valence-corrected chi connectivity index (χ4v) is 3.84. The number of nitrogens with zero attached hydrogens (tertiary/aromatic N) is 2. The van der Waals surface area contributed by atoms with E-state index in [1.54, 1.807) is 22.9 Å². The van der Waals surface area contributed by atoms with Crippen molar-refractivity contribution in [3.8, 4) is 0 Å². The number of aliphatic hydroxyl groups excluding tert-OH is 1. The third-order valence-corrected chi connectivity index (χ3v) is 4.81. The molecule has 1 saturated heterocycles. The molecule has 0 saturated carbocycles. The molecule has 3 rings (SSSR count). The van der Waals surface area contributed by atoms with Crippen molar-refractivity contribution in [2.75, 3.05) is 6.61 Å². The number of carbonyl (C=O) groups is 1. The average Bonchev–Trinajstić information content (AvgIpc) is 2.81. The Morgan fingerprint density at radius 3 is 2.94 bits per heavy atom. The van der Waals surface area contributed by atoms with Crippen LogP contribution in [0.5, 0.6) is 0 Å². The lowest BCUT2D eigenvalue weighted by molar-refractivity contribution is -0.148. The fraction of sp³-hybridized carbons (Fsp3) is 0.455. The fourth-order valence-electron chi connectivity index (χ4n) is 2.27. The second-order valence-electron chi connectivity index (χ2n) is 4.22. The molecule has 1 fully saturated rings. The molecule has 90 valence electrons. The number of aromatic nitrogens is 1. The highest BCUT2D eigenvalue weighted by molar-refractivity contribution is 8.09. The van der Waals surface area contributed by atoms with Gasteiger partial charge in [-0.2, -0.15) is 0 Å². The molecule has 0 bridgehead atoms. The lowest BCUT2D eigenvalue weighted by Gasteiger charge is -2.41. The van der Waals surface area contributed by atoms with Gasteiger partial charge in [-0.05, 0) is 13.8 Å². The monoisotopic (exact) mass is 252 g/mol. The van der Waals surface area contributed by atoms with Gasteiger partial charge in [0.05, 0.1) is 24.3 Å². The molecule has 0 spiro atoms. The largest absolute Gasteiger partial charge is 0.395 e. The first kappa shape index (κ1) is 10.9. The number of hydrogen-bond donors (Lipinski definition) is 1.